The van der Waals surface area contributed by atoms with Crippen LogP contribution in [0.4, 0.5) is 17.6 Å². The van der Waals surface area contributed by atoms with Gasteiger partial charge in [0.05, 0.1) is 6.42 Å². The molecule has 2 aromatic rings. The molecule has 25 heavy (non-hydrogen) atoms. The van der Waals surface area contributed by atoms with Crippen LogP contribution in [-0.2, 0) is 17.4 Å². The summed E-state index contributed by atoms with van der Waals surface area (Å²) in [6.45, 7) is 0.452. The number of benzene rings is 1. The van der Waals surface area contributed by atoms with Gasteiger partial charge in [-0.1, -0.05) is 22.8 Å². The highest BCUT2D eigenvalue weighted by Gasteiger charge is 2.40. The van der Waals surface area contributed by atoms with Gasteiger partial charge in [0.25, 0.3) is 0 Å². The summed E-state index contributed by atoms with van der Waals surface area (Å²) in [5.74, 6) is -2.91. The van der Waals surface area contributed by atoms with E-state index in [-0.39, 0.29) is 35.3 Å². The average molecular weight is 378 g/mol. The highest BCUT2D eigenvalue weighted by Crippen LogP contribution is 2.31. The minimum atomic E-state index is -4.71. The Balaban J connectivity index is 1.66. The maximum Gasteiger partial charge on any atom is 0.471 e. The van der Waals surface area contributed by atoms with Crippen LogP contribution in [0.15, 0.2) is 22.7 Å². The van der Waals surface area contributed by atoms with Gasteiger partial charge in [0.15, 0.2) is 5.82 Å². The maximum absolute atomic E-state index is 13.8. The molecule has 0 unspecified atom stereocenters. The first-order valence-electron chi connectivity index (χ1n) is 7.37. The fraction of sp³-hybridized carbons (Fsp3) is 0.400. The van der Waals surface area contributed by atoms with Crippen LogP contribution in [0.5, 0.6) is 0 Å². The Kier molecular flexibility index (Phi) is 4.68. The van der Waals surface area contributed by atoms with E-state index < -0.39 is 23.8 Å². The molecule has 134 valence electrons. The second-order valence-electron chi connectivity index (χ2n) is 5.66. The van der Waals surface area contributed by atoms with E-state index in [0.717, 1.165) is 0 Å². The molecule has 10 heteroatoms. The van der Waals surface area contributed by atoms with E-state index in [2.05, 4.69) is 14.7 Å². The van der Waals surface area contributed by atoms with Crippen LogP contribution in [0.1, 0.15) is 29.6 Å². The molecule has 1 fully saturated rings. The van der Waals surface area contributed by atoms with E-state index in [1.54, 1.807) is 0 Å². The lowest BCUT2D eigenvalue weighted by Crippen LogP contribution is -2.30. The molecule has 1 amide bonds. The predicted molar refractivity (Wildman–Crippen MR) is 78.4 cm³/mol. The van der Waals surface area contributed by atoms with Crippen molar-refractivity contribution in [1.82, 2.24) is 15.0 Å². The first-order valence-corrected chi connectivity index (χ1v) is 7.75. The zero-order valence-electron chi connectivity index (χ0n) is 12.7. The highest BCUT2D eigenvalue weighted by atomic mass is 35.5. The lowest BCUT2D eigenvalue weighted by atomic mass is 10.1. The third-order valence-electron chi connectivity index (χ3n) is 3.98. The Labute approximate surface area is 144 Å². The number of alkyl halides is 3. The van der Waals surface area contributed by atoms with E-state index in [4.69, 9.17) is 11.6 Å². The van der Waals surface area contributed by atoms with Crippen molar-refractivity contribution in [2.75, 3.05) is 13.1 Å². The number of amides is 1. The molecule has 0 aliphatic carbocycles. The Hall–Kier alpha value is -2.16. The molecule has 1 aromatic heterocycles. The number of aromatic nitrogens is 2. The summed E-state index contributed by atoms with van der Waals surface area (Å²) >= 11 is 5.90. The molecule has 0 spiro atoms. The molecular formula is C15H12ClF4N3O2. The van der Waals surface area contributed by atoms with Crippen LogP contribution < -0.4 is 0 Å². The first-order chi connectivity index (χ1) is 11.8. The third-order valence-corrected chi connectivity index (χ3v) is 4.33. The predicted octanol–water partition coefficient (Wildman–Crippen LogP) is 3.44. The lowest BCUT2D eigenvalue weighted by Gasteiger charge is -2.16. The molecule has 1 aliphatic heterocycles. The number of carbonyl (C=O) groups excluding carboxylic acids is 1. The first kappa shape index (κ1) is 17.7. The molecule has 0 saturated carbocycles. The van der Waals surface area contributed by atoms with Crippen LogP contribution in [0.25, 0.3) is 0 Å². The van der Waals surface area contributed by atoms with E-state index in [9.17, 15) is 22.4 Å². The number of halogens is 5. The third kappa shape index (κ3) is 3.76. The molecule has 1 atom stereocenters. The molecule has 0 N–H and O–H groups in total. The van der Waals surface area contributed by atoms with Crippen LogP contribution in [0, 0.1) is 5.82 Å². The van der Waals surface area contributed by atoms with Crippen molar-refractivity contribution in [2.24, 2.45) is 0 Å². The largest absolute Gasteiger partial charge is 0.471 e. The average Bonchev–Trinajstić information content (AvgIpc) is 3.18. The van der Waals surface area contributed by atoms with Crippen molar-refractivity contribution in [3.63, 3.8) is 0 Å². The molecule has 5 nitrogen and oxygen atoms in total. The smallest absolute Gasteiger partial charge is 0.342 e. The number of nitrogens with zero attached hydrogens (tertiary/aromatic N) is 3. The van der Waals surface area contributed by atoms with E-state index in [1.807, 2.05) is 0 Å². The summed E-state index contributed by atoms with van der Waals surface area (Å²) in [7, 11) is 0. The molecule has 2 heterocycles. The second-order valence-corrected chi connectivity index (χ2v) is 6.07. The normalized spacial score (nSPS) is 18.0. The summed E-state index contributed by atoms with van der Waals surface area (Å²) in [6.07, 6.45) is -4.53. The Bertz CT molecular complexity index is 773. The van der Waals surface area contributed by atoms with Crippen LogP contribution >= 0.6 is 11.6 Å². The van der Waals surface area contributed by atoms with Crippen molar-refractivity contribution >= 4 is 17.5 Å². The molecule has 0 radical (unpaired) electrons. The fourth-order valence-corrected chi connectivity index (χ4v) is 2.91. The number of carbonyl (C=O) groups is 1. The summed E-state index contributed by atoms with van der Waals surface area (Å²) < 4.78 is 55.5. The standard InChI is InChI=1S/C15H12ClF4N3O2/c16-10-2-1-3-11(17)9(10)6-12(24)23-5-4-8(7-23)13-21-14(25-22-13)15(18,19)20/h1-3,8H,4-7H2/t8-/m0/s1. The van der Waals surface area contributed by atoms with Crippen molar-refractivity contribution in [3.05, 3.63) is 46.3 Å². The molecule has 1 aliphatic rings. The van der Waals surface area contributed by atoms with Gasteiger partial charge in [-0.3, -0.25) is 4.79 Å². The molecular weight excluding hydrogens is 366 g/mol. The van der Waals surface area contributed by atoms with Gasteiger partial charge < -0.3 is 9.42 Å². The zero-order valence-corrected chi connectivity index (χ0v) is 13.4. The van der Waals surface area contributed by atoms with Crippen LogP contribution in [0.3, 0.4) is 0 Å². The van der Waals surface area contributed by atoms with Gasteiger partial charge in [-0.25, -0.2) is 4.39 Å². The minimum absolute atomic E-state index is 0.0912. The quantitative estimate of drug-likeness (QED) is 0.769. The summed E-state index contributed by atoms with van der Waals surface area (Å²) in [5.41, 5.74) is 0.0940. The topological polar surface area (TPSA) is 59.2 Å². The van der Waals surface area contributed by atoms with Crippen molar-refractivity contribution in [2.45, 2.75) is 24.9 Å². The SMILES string of the molecule is O=C(Cc1c(F)cccc1Cl)N1CC[C@H](c2noc(C(F)(F)F)n2)C1. The van der Waals surface area contributed by atoms with E-state index >= 15 is 0 Å². The summed E-state index contributed by atoms with van der Waals surface area (Å²) in [5, 5.41) is 3.50. The highest BCUT2D eigenvalue weighted by molar-refractivity contribution is 6.31. The monoisotopic (exact) mass is 377 g/mol. The summed E-state index contributed by atoms with van der Waals surface area (Å²) in [4.78, 5) is 17.1. The van der Waals surface area contributed by atoms with Gasteiger partial charge in [0.2, 0.25) is 5.91 Å². The molecule has 1 aromatic carbocycles. The van der Waals surface area contributed by atoms with Crippen molar-refractivity contribution < 1.29 is 26.9 Å². The zero-order chi connectivity index (χ0) is 18.2. The number of hydrogen-bond donors (Lipinski definition) is 0. The molecule has 3 rings (SSSR count). The lowest BCUT2D eigenvalue weighted by molar-refractivity contribution is -0.159. The van der Waals surface area contributed by atoms with Crippen molar-refractivity contribution in [3.8, 4) is 0 Å². The Morgan fingerprint density at radius 1 is 1.40 bits per heavy atom. The van der Waals surface area contributed by atoms with Gasteiger partial charge >= 0.3 is 12.1 Å². The maximum atomic E-state index is 13.8. The van der Waals surface area contributed by atoms with Crippen LogP contribution in [0.2, 0.25) is 5.02 Å². The van der Waals surface area contributed by atoms with Crippen LogP contribution in [-0.4, -0.2) is 34.0 Å². The Morgan fingerprint density at radius 2 is 2.16 bits per heavy atom. The minimum Gasteiger partial charge on any atom is -0.342 e. The van der Waals surface area contributed by atoms with Gasteiger partial charge in [-0.2, -0.15) is 18.2 Å². The number of rotatable bonds is 3. The number of likely N-dealkylation sites (tertiary alicyclic amines) is 1. The molecule has 0 bridgehead atoms. The van der Waals surface area contributed by atoms with Gasteiger partial charge in [-0.15, -0.1) is 0 Å². The van der Waals surface area contributed by atoms with Gasteiger partial charge in [-0.05, 0) is 18.6 Å². The molecule has 1 saturated heterocycles. The van der Waals surface area contributed by atoms with Gasteiger partial charge in [0, 0.05) is 29.6 Å². The van der Waals surface area contributed by atoms with Crippen molar-refractivity contribution in [1.29, 1.82) is 0 Å². The van der Waals surface area contributed by atoms with E-state index in [1.165, 1.54) is 23.1 Å². The fourth-order valence-electron chi connectivity index (χ4n) is 2.68. The summed E-state index contributed by atoms with van der Waals surface area (Å²) in [6, 6.07) is 4.13. The van der Waals surface area contributed by atoms with E-state index in [0.29, 0.717) is 13.0 Å². The Morgan fingerprint density at radius 3 is 2.80 bits per heavy atom. The second kappa shape index (κ2) is 6.62. The van der Waals surface area contributed by atoms with Gasteiger partial charge in [0.1, 0.15) is 5.82 Å². The number of hydrogen-bond acceptors (Lipinski definition) is 4.